The Morgan fingerprint density at radius 3 is 2.41 bits per heavy atom. The normalized spacial score (nSPS) is 12.6. The maximum Gasteiger partial charge on any atom is 0.254 e. The van der Waals surface area contributed by atoms with E-state index >= 15 is 0 Å². The van der Waals surface area contributed by atoms with Crippen LogP contribution in [-0.4, -0.2) is 42.5 Å². The lowest BCUT2D eigenvalue weighted by Crippen LogP contribution is -2.42. The molecule has 2 amide bonds. The van der Waals surface area contributed by atoms with Crippen molar-refractivity contribution in [1.29, 1.82) is 0 Å². The molecule has 27 heavy (non-hydrogen) atoms. The minimum absolute atomic E-state index is 0.123. The van der Waals surface area contributed by atoms with Gasteiger partial charge in [0.15, 0.2) is 11.5 Å². The first-order valence-corrected chi connectivity index (χ1v) is 8.70. The van der Waals surface area contributed by atoms with Crippen molar-refractivity contribution in [3.63, 3.8) is 0 Å². The van der Waals surface area contributed by atoms with Crippen molar-refractivity contribution < 1.29 is 23.5 Å². The van der Waals surface area contributed by atoms with Gasteiger partial charge in [-0.05, 0) is 56.3 Å². The van der Waals surface area contributed by atoms with Crippen LogP contribution in [0.15, 0.2) is 42.5 Å². The molecule has 0 unspecified atom stereocenters. The summed E-state index contributed by atoms with van der Waals surface area (Å²) in [6, 6.07) is 10.2. The highest BCUT2D eigenvalue weighted by Crippen LogP contribution is 2.31. The fourth-order valence-corrected chi connectivity index (χ4v) is 2.72. The van der Waals surface area contributed by atoms with Gasteiger partial charge in [0.25, 0.3) is 5.91 Å². The summed E-state index contributed by atoms with van der Waals surface area (Å²) < 4.78 is 24.0. The maximum atomic E-state index is 13.0. The summed E-state index contributed by atoms with van der Waals surface area (Å²) in [5.74, 6) is 0.0949. The van der Waals surface area contributed by atoms with Crippen molar-refractivity contribution in [2.75, 3.05) is 25.1 Å². The van der Waals surface area contributed by atoms with Crippen LogP contribution < -0.4 is 14.8 Å². The second-order valence-corrected chi connectivity index (χ2v) is 6.44. The fourth-order valence-electron chi connectivity index (χ4n) is 2.72. The van der Waals surface area contributed by atoms with Crippen LogP contribution in [0.25, 0.3) is 0 Å². The average Bonchev–Trinajstić information content (AvgIpc) is 2.67. The summed E-state index contributed by atoms with van der Waals surface area (Å²) in [4.78, 5) is 26.7. The molecule has 2 aromatic carbocycles. The summed E-state index contributed by atoms with van der Waals surface area (Å²) in [7, 11) is 0. The molecule has 0 radical (unpaired) electrons. The molecule has 1 aliphatic rings. The molecule has 0 fully saturated rings. The number of carbonyl (C=O) groups excluding carboxylic acids is 2. The van der Waals surface area contributed by atoms with Crippen molar-refractivity contribution in [2.24, 2.45) is 0 Å². The van der Waals surface area contributed by atoms with E-state index < -0.39 is 0 Å². The molecule has 2 aromatic rings. The van der Waals surface area contributed by atoms with E-state index in [9.17, 15) is 14.0 Å². The van der Waals surface area contributed by atoms with E-state index in [0.717, 1.165) is 0 Å². The zero-order chi connectivity index (χ0) is 19.4. The highest BCUT2D eigenvalue weighted by molar-refractivity contribution is 5.99. The quantitative estimate of drug-likeness (QED) is 0.876. The highest BCUT2D eigenvalue weighted by Gasteiger charge is 2.23. The minimum atomic E-state index is -0.384. The lowest BCUT2D eigenvalue weighted by Gasteiger charge is -2.27. The third-order valence-electron chi connectivity index (χ3n) is 4.12. The number of halogens is 1. The van der Waals surface area contributed by atoms with Gasteiger partial charge in [-0.3, -0.25) is 9.59 Å². The number of benzene rings is 2. The molecule has 0 aromatic heterocycles. The molecular formula is C20H21FN2O4. The van der Waals surface area contributed by atoms with Crippen LogP contribution in [0.5, 0.6) is 11.5 Å². The van der Waals surface area contributed by atoms with Crippen molar-refractivity contribution in [2.45, 2.75) is 19.9 Å². The number of anilines is 1. The first-order valence-electron chi connectivity index (χ1n) is 8.70. The third-order valence-corrected chi connectivity index (χ3v) is 4.12. The lowest BCUT2D eigenvalue weighted by atomic mass is 10.1. The molecule has 0 saturated heterocycles. The van der Waals surface area contributed by atoms with Gasteiger partial charge in [-0.1, -0.05) is 0 Å². The molecule has 0 spiro atoms. The Kier molecular flexibility index (Phi) is 5.59. The largest absolute Gasteiger partial charge is 0.486 e. The predicted molar refractivity (Wildman–Crippen MR) is 98.6 cm³/mol. The van der Waals surface area contributed by atoms with Crippen LogP contribution in [-0.2, 0) is 4.79 Å². The van der Waals surface area contributed by atoms with Gasteiger partial charge in [-0.2, -0.15) is 0 Å². The molecule has 0 saturated carbocycles. The standard InChI is InChI=1S/C20H21FN2O4/c1-13(2)23(12-19(24)22-16-6-4-15(21)5-7-16)20(25)14-3-8-17-18(11-14)27-10-9-26-17/h3-8,11,13H,9-10,12H2,1-2H3,(H,22,24). The van der Waals surface area contributed by atoms with Gasteiger partial charge in [-0.15, -0.1) is 0 Å². The number of ether oxygens (including phenoxy) is 2. The Morgan fingerprint density at radius 1 is 1.07 bits per heavy atom. The van der Waals surface area contributed by atoms with Crippen LogP contribution in [0.3, 0.4) is 0 Å². The number of amides is 2. The third kappa shape index (κ3) is 4.55. The van der Waals surface area contributed by atoms with Gasteiger partial charge in [-0.25, -0.2) is 4.39 Å². The van der Waals surface area contributed by atoms with E-state index in [4.69, 9.17) is 9.47 Å². The van der Waals surface area contributed by atoms with E-state index in [1.54, 1.807) is 18.2 Å². The number of carbonyl (C=O) groups is 2. The lowest BCUT2D eigenvalue weighted by molar-refractivity contribution is -0.117. The van der Waals surface area contributed by atoms with Crippen molar-refractivity contribution >= 4 is 17.5 Å². The number of nitrogens with zero attached hydrogens (tertiary/aromatic N) is 1. The minimum Gasteiger partial charge on any atom is -0.486 e. The van der Waals surface area contributed by atoms with Crippen LogP contribution in [0.2, 0.25) is 0 Å². The summed E-state index contributed by atoms with van der Waals surface area (Å²) >= 11 is 0. The Hall–Kier alpha value is -3.09. The molecule has 3 rings (SSSR count). The van der Waals surface area contributed by atoms with E-state index in [1.807, 2.05) is 13.8 Å². The van der Waals surface area contributed by atoms with Crippen LogP contribution in [0.4, 0.5) is 10.1 Å². The smallest absolute Gasteiger partial charge is 0.254 e. The summed E-state index contributed by atoms with van der Waals surface area (Å²) in [5.41, 5.74) is 0.888. The van der Waals surface area contributed by atoms with E-state index in [-0.39, 0.29) is 30.2 Å². The molecule has 0 bridgehead atoms. The van der Waals surface area contributed by atoms with Gasteiger partial charge in [0.2, 0.25) is 5.91 Å². The Morgan fingerprint density at radius 2 is 1.74 bits per heavy atom. The van der Waals surface area contributed by atoms with Crippen molar-refractivity contribution in [1.82, 2.24) is 4.90 Å². The molecule has 0 aliphatic carbocycles. The molecule has 1 aliphatic heterocycles. The van der Waals surface area contributed by atoms with Gasteiger partial charge in [0.05, 0.1) is 0 Å². The average molecular weight is 372 g/mol. The zero-order valence-corrected chi connectivity index (χ0v) is 15.2. The molecular weight excluding hydrogens is 351 g/mol. The topological polar surface area (TPSA) is 67.9 Å². The highest BCUT2D eigenvalue weighted by atomic mass is 19.1. The van der Waals surface area contributed by atoms with Crippen LogP contribution >= 0.6 is 0 Å². The molecule has 6 nitrogen and oxygen atoms in total. The van der Waals surface area contributed by atoms with Gasteiger partial charge in [0, 0.05) is 17.3 Å². The number of rotatable bonds is 5. The second kappa shape index (κ2) is 8.07. The first-order chi connectivity index (χ1) is 12.9. The summed E-state index contributed by atoms with van der Waals surface area (Å²) in [6.45, 7) is 4.45. The molecule has 1 N–H and O–H groups in total. The number of nitrogens with one attached hydrogen (secondary N) is 1. The monoisotopic (exact) mass is 372 g/mol. The Labute approximate surface area is 156 Å². The van der Waals surface area contributed by atoms with Crippen LogP contribution in [0.1, 0.15) is 24.2 Å². The zero-order valence-electron chi connectivity index (χ0n) is 15.2. The number of fused-ring (bicyclic) bond motifs is 1. The van der Waals surface area contributed by atoms with E-state index in [1.165, 1.54) is 29.2 Å². The SMILES string of the molecule is CC(C)N(CC(=O)Nc1ccc(F)cc1)C(=O)c1ccc2c(c1)OCCO2. The molecule has 142 valence electrons. The summed E-state index contributed by atoms with van der Waals surface area (Å²) in [5, 5.41) is 2.67. The van der Waals surface area contributed by atoms with Crippen LogP contribution in [0, 0.1) is 5.82 Å². The molecule has 1 heterocycles. The van der Waals surface area contributed by atoms with Gasteiger partial charge >= 0.3 is 0 Å². The van der Waals surface area contributed by atoms with E-state index in [0.29, 0.717) is 36.0 Å². The van der Waals surface area contributed by atoms with Crippen molar-refractivity contribution in [3.05, 3.63) is 53.8 Å². The maximum absolute atomic E-state index is 13.0. The predicted octanol–water partition coefficient (Wildman–Crippen LogP) is 3.09. The first kappa shape index (κ1) is 18.7. The Balaban J connectivity index is 1.71. The molecule has 7 heteroatoms. The molecule has 0 atom stereocenters. The van der Waals surface area contributed by atoms with E-state index in [2.05, 4.69) is 5.32 Å². The second-order valence-electron chi connectivity index (χ2n) is 6.44. The summed E-state index contributed by atoms with van der Waals surface area (Å²) in [6.07, 6.45) is 0. The van der Waals surface area contributed by atoms with Gasteiger partial charge < -0.3 is 19.7 Å². The van der Waals surface area contributed by atoms with Crippen molar-refractivity contribution in [3.8, 4) is 11.5 Å². The fraction of sp³-hybridized carbons (Fsp3) is 0.300. The number of hydrogen-bond donors (Lipinski definition) is 1. The van der Waals surface area contributed by atoms with Gasteiger partial charge in [0.1, 0.15) is 25.6 Å². The number of hydrogen-bond acceptors (Lipinski definition) is 4. The Bertz CT molecular complexity index is 836.